The highest BCUT2D eigenvalue weighted by Crippen LogP contribution is 2.20. The predicted octanol–water partition coefficient (Wildman–Crippen LogP) is 7.42. The highest BCUT2D eigenvalue weighted by molar-refractivity contribution is 5.84. The van der Waals surface area contributed by atoms with Crippen molar-refractivity contribution >= 4 is 10.8 Å². The van der Waals surface area contributed by atoms with Crippen LogP contribution in [0.25, 0.3) is 10.8 Å². The molecule has 4 aromatic carbocycles. The van der Waals surface area contributed by atoms with Crippen LogP contribution in [0.4, 0.5) is 8.78 Å². The molecule has 0 saturated heterocycles. The van der Waals surface area contributed by atoms with E-state index in [9.17, 15) is 8.78 Å². The predicted molar refractivity (Wildman–Crippen MR) is 129 cm³/mol. The van der Waals surface area contributed by atoms with Gasteiger partial charge in [-0.1, -0.05) is 60.4 Å². The fraction of sp³-hybridized carbons (Fsp3) is 0.133. The van der Waals surface area contributed by atoms with Crippen LogP contribution < -0.4 is 0 Å². The molecule has 0 bridgehead atoms. The van der Waals surface area contributed by atoms with E-state index in [1.54, 1.807) is 12.1 Å². The largest absolute Gasteiger partial charge is 0.204 e. The molecule has 0 atom stereocenters. The first-order valence-electron chi connectivity index (χ1n) is 10.8. The molecule has 0 N–H and O–H groups in total. The number of rotatable bonds is 6. The van der Waals surface area contributed by atoms with Crippen molar-refractivity contribution in [2.45, 2.75) is 25.7 Å². The molecular weight excluding hydrogens is 398 g/mol. The zero-order valence-corrected chi connectivity index (χ0v) is 17.9. The molecule has 0 amide bonds. The van der Waals surface area contributed by atoms with Gasteiger partial charge in [-0.3, -0.25) is 0 Å². The molecule has 0 aromatic heterocycles. The summed E-state index contributed by atoms with van der Waals surface area (Å²) in [4.78, 5) is 0. The topological polar surface area (TPSA) is 0 Å². The highest BCUT2D eigenvalue weighted by Gasteiger charge is 2.04. The summed E-state index contributed by atoms with van der Waals surface area (Å²) >= 11 is 0. The summed E-state index contributed by atoms with van der Waals surface area (Å²) in [7, 11) is 0. The van der Waals surface area contributed by atoms with Crippen molar-refractivity contribution in [1.29, 1.82) is 0 Å². The van der Waals surface area contributed by atoms with Crippen LogP contribution in [-0.2, 0) is 19.3 Å². The molecule has 0 spiro atoms. The summed E-state index contributed by atoms with van der Waals surface area (Å²) in [6.07, 6.45) is 5.98. The number of fused-ring (bicyclic) bond motifs is 1. The van der Waals surface area contributed by atoms with Crippen LogP contribution in [0.5, 0.6) is 0 Å². The second kappa shape index (κ2) is 10.1. The molecule has 0 heterocycles. The lowest BCUT2D eigenvalue weighted by Crippen LogP contribution is -1.92. The third-order valence-corrected chi connectivity index (χ3v) is 5.55. The molecule has 4 aromatic rings. The van der Waals surface area contributed by atoms with E-state index in [1.165, 1.54) is 28.8 Å². The van der Waals surface area contributed by atoms with E-state index in [4.69, 9.17) is 0 Å². The molecule has 0 aliphatic carbocycles. The quantitative estimate of drug-likeness (QED) is 0.224. The van der Waals surface area contributed by atoms with Crippen molar-refractivity contribution in [3.05, 3.63) is 131 Å². The lowest BCUT2D eigenvalue weighted by molar-refractivity contribution is 0.511. The Morgan fingerprint density at radius 1 is 0.594 bits per heavy atom. The summed E-state index contributed by atoms with van der Waals surface area (Å²) in [6, 6.07) is 24.9. The van der Waals surface area contributed by atoms with Crippen molar-refractivity contribution in [3.63, 3.8) is 0 Å². The van der Waals surface area contributed by atoms with Crippen LogP contribution in [0.15, 0.2) is 91.5 Å². The van der Waals surface area contributed by atoms with Gasteiger partial charge in [0.1, 0.15) is 0 Å². The maximum Gasteiger partial charge on any atom is 0.159 e. The molecule has 0 fully saturated rings. The molecule has 0 unspecified atom stereocenters. The Kier molecular flexibility index (Phi) is 6.78. The minimum Gasteiger partial charge on any atom is -0.204 e. The number of hydrogen-bond donors (Lipinski definition) is 0. The number of aryl methyl sites for hydroxylation is 3. The molecule has 0 aliphatic rings. The van der Waals surface area contributed by atoms with Crippen molar-refractivity contribution < 1.29 is 8.78 Å². The second-order valence-corrected chi connectivity index (χ2v) is 7.92. The fourth-order valence-corrected chi connectivity index (χ4v) is 3.65. The van der Waals surface area contributed by atoms with Gasteiger partial charge in [0.15, 0.2) is 11.6 Å². The van der Waals surface area contributed by atoms with Gasteiger partial charge < -0.3 is 0 Å². The third-order valence-electron chi connectivity index (χ3n) is 5.55. The Hall–Kier alpha value is -3.70. The molecular formula is C30H24F2. The smallest absolute Gasteiger partial charge is 0.159 e. The normalized spacial score (nSPS) is 10.6. The number of allylic oxidation sites excluding steroid dienone is 1. The van der Waals surface area contributed by atoms with Crippen LogP contribution in [0.2, 0.25) is 0 Å². The number of benzene rings is 4. The first-order valence-corrected chi connectivity index (χ1v) is 10.8. The molecule has 0 aliphatic heterocycles. The summed E-state index contributed by atoms with van der Waals surface area (Å²) in [6.45, 7) is 3.77. The molecule has 0 radical (unpaired) electrons. The van der Waals surface area contributed by atoms with Crippen molar-refractivity contribution in [2.75, 3.05) is 0 Å². The van der Waals surface area contributed by atoms with Crippen LogP contribution in [0, 0.1) is 23.5 Å². The van der Waals surface area contributed by atoms with E-state index in [0.717, 1.165) is 36.8 Å². The summed E-state index contributed by atoms with van der Waals surface area (Å²) in [5.74, 6) is 4.58. The summed E-state index contributed by atoms with van der Waals surface area (Å²) in [5, 5.41) is 1.30. The minimum absolute atomic E-state index is 0.639. The van der Waals surface area contributed by atoms with Crippen molar-refractivity contribution in [3.8, 4) is 11.8 Å². The molecule has 32 heavy (non-hydrogen) atoms. The first-order chi connectivity index (χ1) is 15.6. The van der Waals surface area contributed by atoms with E-state index < -0.39 is 11.6 Å². The van der Waals surface area contributed by atoms with Gasteiger partial charge in [-0.05, 0) is 89.5 Å². The lowest BCUT2D eigenvalue weighted by atomic mass is 10.0. The average Bonchev–Trinajstić information content (AvgIpc) is 2.82. The fourth-order valence-electron chi connectivity index (χ4n) is 3.65. The Balaban J connectivity index is 1.38. The Bertz CT molecular complexity index is 1290. The standard InChI is InChI=1S/C30H24F2/c1-2-3-4-22-5-7-23(8-6-22)9-10-24-11-13-25(14-12-24)15-16-26-17-18-27-20-29(31)30(32)21-28(27)19-26/h2,5-8,11-14,17-21H,1,3-4,9-10H2. The monoisotopic (exact) mass is 422 g/mol. The van der Waals surface area contributed by atoms with E-state index in [2.05, 4.69) is 54.8 Å². The lowest BCUT2D eigenvalue weighted by Gasteiger charge is -2.04. The third kappa shape index (κ3) is 5.50. The number of halogens is 2. The summed E-state index contributed by atoms with van der Waals surface area (Å²) < 4.78 is 26.8. The zero-order valence-electron chi connectivity index (χ0n) is 17.9. The number of hydrogen-bond acceptors (Lipinski definition) is 0. The minimum atomic E-state index is -0.846. The highest BCUT2D eigenvalue weighted by atomic mass is 19.2. The average molecular weight is 423 g/mol. The Morgan fingerprint density at radius 2 is 1.09 bits per heavy atom. The molecule has 0 nitrogen and oxygen atoms in total. The summed E-state index contributed by atoms with van der Waals surface area (Å²) in [5.41, 5.74) is 5.65. The Labute approximate surface area is 188 Å². The first kappa shape index (κ1) is 21.5. The van der Waals surface area contributed by atoms with Crippen LogP contribution in [0.3, 0.4) is 0 Å². The van der Waals surface area contributed by atoms with Crippen LogP contribution >= 0.6 is 0 Å². The van der Waals surface area contributed by atoms with Gasteiger partial charge in [0.2, 0.25) is 0 Å². The van der Waals surface area contributed by atoms with E-state index >= 15 is 0 Å². The molecule has 158 valence electrons. The zero-order chi connectivity index (χ0) is 22.3. The van der Waals surface area contributed by atoms with Gasteiger partial charge in [-0.25, -0.2) is 8.78 Å². The van der Waals surface area contributed by atoms with E-state index in [-0.39, 0.29) is 0 Å². The van der Waals surface area contributed by atoms with Crippen LogP contribution in [-0.4, -0.2) is 0 Å². The van der Waals surface area contributed by atoms with E-state index in [1.807, 2.05) is 24.3 Å². The van der Waals surface area contributed by atoms with Gasteiger partial charge in [0, 0.05) is 11.1 Å². The van der Waals surface area contributed by atoms with Gasteiger partial charge in [0.05, 0.1) is 0 Å². The van der Waals surface area contributed by atoms with Crippen molar-refractivity contribution in [2.24, 2.45) is 0 Å². The van der Waals surface area contributed by atoms with Gasteiger partial charge in [-0.15, -0.1) is 6.58 Å². The SMILES string of the molecule is C=CCCc1ccc(CCc2ccc(C#Cc3ccc4cc(F)c(F)cc4c3)cc2)cc1. The van der Waals surface area contributed by atoms with E-state index in [0.29, 0.717) is 10.8 Å². The van der Waals surface area contributed by atoms with Gasteiger partial charge in [0.25, 0.3) is 0 Å². The van der Waals surface area contributed by atoms with Gasteiger partial charge >= 0.3 is 0 Å². The maximum absolute atomic E-state index is 13.5. The molecule has 0 saturated carbocycles. The Morgan fingerprint density at radius 3 is 1.72 bits per heavy atom. The molecule has 4 rings (SSSR count). The van der Waals surface area contributed by atoms with Gasteiger partial charge in [-0.2, -0.15) is 0 Å². The molecule has 2 heteroatoms. The second-order valence-electron chi connectivity index (χ2n) is 7.92. The van der Waals surface area contributed by atoms with Crippen molar-refractivity contribution in [1.82, 2.24) is 0 Å². The maximum atomic E-state index is 13.5. The van der Waals surface area contributed by atoms with Crippen LogP contribution in [0.1, 0.15) is 34.2 Å².